The van der Waals surface area contributed by atoms with Gasteiger partial charge in [-0.25, -0.2) is 0 Å². The van der Waals surface area contributed by atoms with Crippen LogP contribution >= 0.6 is 23.2 Å². The van der Waals surface area contributed by atoms with E-state index in [0.29, 0.717) is 28.5 Å². The normalized spacial score (nSPS) is 20.7. The van der Waals surface area contributed by atoms with Crippen molar-refractivity contribution in [1.29, 1.82) is 0 Å². The minimum atomic E-state index is 0.377. The summed E-state index contributed by atoms with van der Waals surface area (Å²) in [5.74, 6) is 0.377. The molecule has 0 spiro atoms. The van der Waals surface area contributed by atoms with Crippen molar-refractivity contribution in [1.82, 2.24) is 5.32 Å². The average Bonchev–Trinajstić information content (AvgIpc) is 2.55. The molecule has 0 heterocycles. The van der Waals surface area contributed by atoms with Crippen LogP contribution in [0.2, 0.25) is 10.0 Å². The highest BCUT2D eigenvalue weighted by molar-refractivity contribution is 6.42. The van der Waals surface area contributed by atoms with E-state index in [2.05, 4.69) is 35.6 Å². The van der Waals surface area contributed by atoms with Crippen LogP contribution in [0.15, 0.2) is 42.5 Å². The Balaban J connectivity index is 1.95. The van der Waals surface area contributed by atoms with E-state index in [-0.39, 0.29) is 0 Å². The van der Waals surface area contributed by atoms with Crippen LogP contribution in [0.25, 0.3) is 0 Å². The number of halogens is 2. The first kappa shape index (κ1) is 15.8. The topological polar surface area (TPSA) is 38.0 Å². The van der Waals surface area contributed by atoms with Gasteiger partial charge in [-0.05, 0) is 41.7 Å². The third-order valence-corrected chi connectivity index (χ3v) is 5.11. The second kappa shape index (κ2) is 7.01. The molecule has 0 amide bonds. The highest BCUT2D eigenvalue weighted by atomic mass is 35.5. The fourth-order valence-electron chi connectivity index (χ4n) is 3.33. The molecule has 116 valence electrons. The molecule has 0 saturated carbocycles. The van der Waals surface area contributed by atoms with Crippen molar-refractivity contribution in [2.24, 2.45) is 5.73 Å². The molecule has 2 atom stereocenters. The molecule has 1 aliphatic rings. The van der Waals surface area contributed by atoms with Crippen molar-refractivity contribution in [3.05, 3.63) is 69.2 Å². The Morgan fingerprint density at radius 2 is 1.77 bits per heavy atom. The van der Waals surface area contributed by atoms with Gasteiger partial charge in [0, 0.05) is 25.0 Å². The van der Waals surface area contributed by atoms with Gasteiger partial charge in [-0.1, -0.05) is 53.5 Å². The third-order valence-electron chi connectivity index (χ3n) is 4.37. The molecule has 0 aromatic heterocycles. The lowest BCUT2D eigenvalue weighted by molar-refractivity contribution is 0.445. The zero-order valence-corrected chi connectivity index (χ0v) is 13.9. The van der Waals surface area contributed by atoms with Crippen LogP contribution in [0.5, 0.6) is 0 Å². The van der Waals surface area contributed by atoms with Crippen LogP contribution < -0.4 is 11.1 Å². The fourth-order valence-corrected chi connectivity index (χ4v) is 3.64. The summed E-state index contributed by atoms with van der Waals surface area (Å²) in [6.07, 6.45) is 2.19. The molecule has 2 nitrogen and oxygen atoms in total. The van der Waals surface area contributed by atoms with Gasteiger partial charge >= 0.3 is 0 Å². The lowest BCUT2D eigenvalue weighted by Crippen LogP contribution is -2.30. The highest BCUT2D eigenvalue weighted by Crippen LogP contribution is 2.42. The summed E-state index contributed by atoms with van der Waals surface area (Å²) < 4.78 is 0. The first-order chi connectivity index (χ1) is 10.7. The molecule has 0 fully saturated rings. The standard InChI is InChI=1S/C18H20Cl2N2/c19-16-7-5-12(11-17(16)20)13-6-8-18(22-10-9-21)15-4-2-1-3-14(13)15/h1-5,7,11,13,18,22H,6,8-10,21H2/t13-,18-/m1/s1. The molecule has 2 aromatic rings. The van der Waals surface area contributed by atoms with Crippen LogP contribution in [0.3, 0.4) is 0 Å². The van der Waals surface area contributed by atoms with Crippen LogP contribution in [0.1, 0.15) is 41.5 Å². The Hall–Kier alpha value is -1.06. The van der Waals surface area contributed by atoms with Gasteiger partial charge in [-0.15, -0.1) is 0 Å². The molecule has 0 saturated heterocycles. The molecule has 3 rings (SSSR count). The first-order valence-electron chi connectivity index (χ1n) is 7.68. The summed E-state index contributed by atoms with van der Waals surface area (Å²) in [6, 6.07) is 15.0. The second-order valence-electron chi connectivity index (χ2n) is 5.73. The van der Waals surface area contributed by atoms with Gasteiger partial charge in [-0.3, -0.25) is 0 Å². The molecule has 1 aliphatic carbocycles. The summed E-state index contributed by atoms with van der Waals surface area (Å²) >= 11 is 12.2. The lowest BCUT2D eigenvalue weighted by atomic mass is 9.77. The van der Waals surface area contributed by atoms with E-state index in [0.717, 1.165) is 19.4 Å². The predicted molar refractivity (Wildman–Crippen MR) is 93.8 cm³/mol. The quantitative estimate of drug-likeness (QED) is 0.863. The fraction of sp³-hybridized carbons (Fsp3) is 0.333. The van der Waals surface area contributed by atoms with E-state index in [9.17, 15) is 0 Å². The van der Waals surface area contributed by atoms with Crippen molar-refractivity contribution >= 4 is 23.2 Å². The van der Waals surface area contributed by atoms with E-state index in [1.807, 2.05) is 12.1 Å². The monoisotopic (exact) mass is 334 g/mol. The number of hydrogen-bond acceptors (Lipinski definition) is 2. The summed E-state index contributed by atoms with van der Waals surface area (Å²) in [6.45, 7) is 1.51. The van der Waals surface area contributed by atoms with Gasteiger partial charge in [0.1, 0.15) is 0 Å². The highest BCUT2D eigenvalue weighted by Gasteiger charge is 2.27. The Kier molecular flexibility index (Phi) is 5.04. The van der Waals surface area contributed by atoms with Gasteiger partial charge in [0.2, 0.25) is 0 Å². The van der Waals surface area contributed by atoms with Crippen LogP contribution in [0.4, 0.5) is 0 Å². The van der Waals surface area contributed by atoms with E-state index in [4.69, 9.17) is 28.9 Å². The summed E-state index contributed by atoms with van der Waals surface area (Å²) in [5, 5.41) is 4.78. The van der Waals surface area contributed by atoms with Gasteiger partial charge in [-0.2, -0.15) is 0 Å². The number of nitrogens with two attached hydrogens (primary N) is 1. The minimum Gasteiger partial charge on any atom is -0.329 e. The van der Waals surface area contributed by atoms with E-state index in [1.165, 1.54) is 16.7 Å². The predicted octanol–water partition coefficient (Wildman–Crippen LogP) is 4.51. The van der Waals surface area contributed by atoms with E-state index >= 15 is 0 Å². The van der Waals surface area contributed by atoms with Gasteiger partial charge in [0.15, 0.2) is 0 Å². The molecule has 0 radical (unpaired) electrons. The largest absolute Gasteiger partial charge is 0.329 e. The van der Waals surface area contributed by atoms with Gasteiger partial charge in [0.05, 0.1) is 10.0 Å². The molecule has 0 unspecified atom stereocenters. The zero-order valence-electron chi connectivity index (χ0n) is 12.4. The van der Waals surface area contributed by atoms with Gasteiger partial charge in [0.25, 0.3) is 0 Å². The van der Waals surface area contributed by atoms with Crippen LogP contribution in [0, 0.1) is 0 Å². The number of fused-ring (bicyclic) bond motifs is 1. The number of hydrogen-bond donors (Lipinski definition) is 2. The molecule has 3 N–H and O–H groups in total. The maximum atomic E-state index is 6.20. The van der Waals surface area contributed by atoms with Gasteiger partial charge < -0.3 is 11.1 Å². The molecular weight excluding hydrogens is 315 g/mol. The first-order valence-corrected chi connectivity index (χ1v) is 8.43. The zero-order chi connectivity index (χ0) is 15.5. The smallest absolute Gasteiger partial charge is 0.0595 e. The molecule has 2 aromatic carbocycles. The van der Waals surface area contributed by atoms with Crippen molar-refractivity contribution in [3.8, 4) is 0 Å². The van der Waals surface area contributed by atoms with Crippen molar-refractivity contribution in [2.75, 3.05) is 13.1 Å². The van der Waals surface area contributed by atoms with Crippen molar-refractivity contribution < 1.29 is 0 Å². The average molecular weight is 335 g/mol. The third kappa shape index (κ3) is 3.16. The minimum absolute atomic E-state index is 0.377. The number of benzene rings is 2. The molecular formula is C18H20Cl2N2. The SMILES string of the molecule is NCCN[C@@H]1CC[C@H](c2ccc(Cl)c(Cl)c2)c2ccccc21. The number of rotatable bonds is 4. The Morgan fingerprint density at radius 3 is 2.50 bits per heavy atom. The molecule has 4 heteroatoms. The number of nitrogens with one attached hydrogen (secondary N) is 1. The maximum absolute atomic E-state index is 6.20. The van der Waals surface area contributed by atoms with Crippen LogP contribution in [-0.2, 0) is 0 Å². The molecule has 0 bridgehead atoms. The van der Waals surface area contributed by atoms with E-state index in [1.54, 1.807) is 0 Å². The maximum Gasteiger partial charge on any atom is 0.0595 e. The Morgan fingerprint density at radius 1 is 1.00 bits per heavy atom. The Bertz CT molecular complexity index is 657. The summed E-state index contributed by atoms with van der Waals surface area (Å²) in [4.78, 5) is 0. The van der Waals surface area contributed by atoms with Crippen LogP contribution in [-0.4, -0.2) is 13.1 Å². The molecule has 22 heavy (non-hydrogen) atoms. The van der Waals surface area contributed by atoms with Crippen molar-refractivity contribution in [2.45, 2.75) is 24.8 Å². The Labute approximate surface area is 141 Å². The second-order valence-corrected chi connectivity index (χ2v) is 6.54. The lowest BCUT2D eigenvalue weighted by Gasteiger charge is -2.32. The van der Waals surface area contributed by atoms with E-state index < -0.39 is 0 Å². The summed E-state index contributed by atoms with van der Waals surface area (Å²) in [5.41, 5.74) is 9.61. The summed E-state index contributed by atoms with van der Waals surface area (Å²) in [7, 11) is 0. The molecule has 0 aliphatic heterocycles. The van der Waals surface area contributed by atoms with Crippen molar-refractivity contribution in [3.63, 3.8) is 0 Å².